The molecule has 0 saturated carbocycles. The maximum Gasteiger partial charge on any atom is 0.361 e. The lowest BCUT2D eigenvalue weighted by Gasteiger charge is -2.25. The molecule has 0 rings (SSSR count). The average Bonchev–Trinajstić information content (AvgIpc) is 3.40. The maximum absolute atomic E-state index is 12.9. The summed E-state index contributed by atoms with van der Waals surface area (Å²) in [5.41, 5.74) is 0. The van der Waals surface area contributed by atoms with Gasteiger partial charge in [0.2, 0.25) is 0 Å². The van der Waals surface area contributed by atoms with Crippen molar-refractivity contribution >= 4 is 17.9 Å². The van der Waals surface area contributed by atoms with Gasteiger partial charge in [0.1, 0.15) is 13.2 Å². The minimum Gasteiger partial charge on any atom is -0.477 e. The van der Waals surface area contributed by atoms with E-state index in [1.807, 2.05) is 21.1 Å². The Morgan fingerprint density at radius 3 is 1.10 bits per heavy atom. The van der Waals surface area contributed by atoms with Crippen molar-refractivity contribution in [3.05, 3.63) is 109 Å². The number of carbonyl (C=O) groups excluding carboxylic acids is 2. The second kappa shape index (κ2) is 58.1. The van der Waals surface area contributed by atoms with E-state index in [-0.39, 0.29) is 38.6 Å². The fraction of sp³-hybridized carbons (Fsp3) is 0.691. The average molecular weight is 1080 g/mol. The summed E-state index contributed by atoms with van der Waals surface area (Å²) in [6.45, 7) is 4.74. The lowest BCUT2D eigenvalue weighted by Crippen LogP contribution is -2.40. The molecule has 0 radical (unpaired) electrons. The first-order valence-corrected chi connectivity index (χ1v) is 31.1. The summed E-state index contributed by atoms with van der Waals surface area (Å²) in [4.78, 5) is 37.5. The lowest BCUT2D eigenvalue weighted by molar-refractivity contribution is -0.870. The summed E-state index contributed by atoms with van der Waals surface area (Å²) in [6.07, 6.45) is 77.3. The van der Waals surface area contributed by atoms with Crippen molar-refractivity contribution in [3.8, 4) is 0 Å². The molecule has 2 atom stereocenters. The van der Waals surface area contributed by atoms with Gasteiger partial charge in [-0.25, -0.2) is 4.79 Å². The molecule has 2 unspecified atom stereocenters. The van der Waals surface area contributed by atoms with E-state index in [0.717, 1.165) is 109 Å². The van der Waals surface area contributed by atoms with Gasteiger partial charge in [0.05, 0.1) is 34.4 Å². The quantitative estimate of drug-likeness (QED) is 0.0211. The smallest absolute Gasteiger partial charge is 0.361 e. The highest BCUT2D eigenvalue weighted by molar-refractivity contribution is 5.71. The molecule has 0 aromatic carbocycles. The van der Waals surface area contributed by atoms with Crippen molar-refractivity contribution in [1.29, 1.82) is 0 Å². The van der Waals surface area contributed by atoms with Gasteiger partial charge >= 0.3 is 17.9 Å². The van der Waals surface area contributed by atoms with E-state index >= 15 is 0 Å². The normalized spacial score (nSPS) is 13.5. The Bertz CT molecular complexity index is 1630. The number of esters is 2. The van der Waals surface area contributed by atoms with E-state index in [2.05, 4.69) is 123 Å². The molecule has 9 heteroatoms. The molecule has 77 heavy (non-hydrogen) atoms. The number of carboxylic acid groups (broad SMARTS) is 1. The predicted molar refractivity (Wildman–Crippen MR) is 327 cm³/mol. The zero-order valence-corrected chi connectivity index (χ0v) is 50.1. The number of rotatable bonds is 56. The molecule has 0 fully saturated rings. The van der Waals surface area contributed by atoms with Crippen LogP contribution in [0.1, 0.15) is 245 Å². The van der Waals surface area contributed by atoms with Crippen molar-refractivity contribution in [2.24, 2.45) is 0 Å². The predicted octanol–water partition coefficient (Wildman–Crippen LogP) is 18.7. The number of carboxylic acids is 1. The third kappa shape index (κ3) is 59.5. The molecule has 1 N–H and O–H groups in total. The topological polar surface area (TPSA) is 108 Å². The number of ether oxygens (including phenoxy) is 4. The largest absolute Gasteiger partial charge is 0.477 e. The first-order chi connectivity index (χ1) is 37.6. The van der Waals surface area contributed by atoms with Gasteiger partial charge in [0.15, 0.2) is 6.10 Å². The maximum atomic E-state index is 12.9. The number of unbranched alkanes of at least 4 members (excludes halogenated alkanes) is 23. The van der Waals surface area contributed by atoms with E-state index in [0.29, 0.717) is 17.4 Å². The van der Waals surface area contributed by atoms with Gasteiger partial charge in [-0.1, -0.05) is 239 Å². The first-order valence-electron chi connectivity index (χ1n) is 31.1. The minimum absolute atomic E-state index is 0.180. The molecule has 0 saturated heterocycles. The molecule has 0 aromatic heterocycles. The van der Waals surface area contributed by atoms with Gasteiger partial charge in [-0.05, 0) is 103 Å². The molecule has 0 heterocycles. The van der Waals surface area contributed by atoms with Crippen LogP contribution in [0.15, 0.2) is 109 Å². The third-order valence-electron chi connectivity index (χ3n) is 13.0. The van der Waals surface area contributed by atoms with Crippen LogP contribution >= 0.6 is 0 Å². The second-order valence-corrected chi connectivity index (χ2v) is 21.6. The number of allylic oxidation sites excluding steroid dienone is 18. The molecular weight excluding hydrogens is 959 g/mol. The van der Waals surface area contributed by atoms with E-state index in [1.54, 1.807) is 0 Å². The van der Waals surface area contributed by atoms with Crippen LogP contribution in [0.4, 0.5) is 0 Å². The van der Waals surface area contributed by atoms with Gasteiger partial charge in [-0.15, -0.1) is 0 Å². The van der Waals surface area contributed by atoms with E-state index in [9.17, 15) is 19.5 Å². The Labute approximate surface area is 473 Å². The highest BCUT2D eigenvalue weighted by Crippen LogP contribution is 2.15. The Morgan fingerprint density at radius 2 is 0.740 bits per heavy atom. The standard InChI is InChI=1S/C68H115NO8/c1-6-8-10-12-14-16-18-20-22-24-26-28-30-31-32-33-34-35-37-39-41-43-45-47-49-51-53-55-57-59-66(71)77-64(63-76-68(67(72)73)74-61-60-69(3,4)5)62-75-65(70)58-56-54-52-50-48-46-44-42-40-38-36-29-27-25-23-21-19-17-15-13-11-9-7-2/h8,10,14,16,19-22,25-28,31-32,34-36,38,64,68H,6-7,9,11-13,15,17-18,23-24,29-30,33,37,39-63H2,1-5H3/p+1/b10-8-,16-14-,21-19-,22-20-,27-25-,28-26-,32-31-,35-34-,38-36-. The van der Waals surface area contributed by atoms with Crippen molar-refractivity contribution < 1.29 is 42.9 Å². The minimum atomic E-state index is -1.52. The summed E-state index contributed by atoms with van der Waals surface area (Å²) in [5, 5.41) is 9.72. The number of aliphatic carboxylic acids is 1. The Morgan fingerprint density at radius 1 is 0.403 bits per heavy atom. The van der Waals surface area contributed by atoms with Crippen molar-refractivity contribution in [2.45, 2.75) is 257 Å². The number of hydrogen-bond donors (Lipinski definition) is 1. The third-order valence-corrected chi connectivity index (χ3v) is 13.0. The monoisotopic (exact) mass is 1070 g/mol. The highest BCUT2D eigenvalue weighted by atomic mass is 16.7. The summed E-state index contributed by atoms with van der Waals surface area (Å²) >= 11 is 0. The second-order valence-electron chi connectivity index (χ2n) is 21.6. The van der Waals surface area contributed by atoms with Crippen LogP contribution in [-0.4, -0.2) is 87.4 Å². The summed E-state index contributed by atoms with van der Waals surface area (Å²) < 4.78 is 22.9. The molecular formula is C68H116NO8+. The van der Waals surface area contributed by atoms with Crippen LogP contribution in [0.5, 0.6) is 0 Å². The van der Waals surface area contributed by atoms with Crippen molar-refractivity contribution in [2.75, 3.05) is 47.5 Å². The van der Waals surface area contributed by atoms with Gasteiger partial charge in [0, 0.05) is 12.8 Å². The zero-order valence-electron chi connectivity index (χ0n) is 50.1. The van der Waals surface area contributed by atoms with Crippen molar-refractivity contribution in [1.82, 2.24) is 0 Å². The molecule has 0 aromatic rings. The van der Waals surface area contributed by atoms with Gasteiger partial charge < -0.3 is 28.5 Å². The molecule has 0 aliphatic carbocycles. The molecule has 0 aliphatic heterocycles. The Hall–Kier alpha value is -4.05. The Balaban J connectivity index is 4.26. The van der Waals surface area contributed by atoms with Crippen LogP contribution in [0.2, 0.25) is 0 Å². The van der Waals surface area contributed by atoms with Crippen LogP contribution in [0, 0.1) is 0 Å². The number of likely N-dealkylation sites (N-methyl/N-ethyl adjacent to an activating group) is 1. The van der Waals surface area contributed by atoms with Gasteiger partial charge in [-0.3, -0.25) is 9.59 Å². The molecule has 0 spiro atoms. The summed E-state index contributed by atoms with van der Waals surface area (Å²) in [6, 6.07) is 0. The van der Waals surface area contributed by atoms with Crippen LogP contribution in [-0.2, 0) is 33.3 Å². The zero-order chi connectivity index (χ0) is 56.2. The van der Waals surface area contributed by atoms with Crippen molar-refractivity contribution in [3.63, 3.8) is 0 Å². The van der Waals surface area contributed by atoms with E-state index < -0.39 is 24.3 Å². The molecule has 0 bridgehead atoms. The number of carbonyl (C=O) groups is 3. The molecule has 9 nitrogen and oxygen atoms in total. The van der Waals surface area contributed by atoms with E-state index in [4.69, 9.17) is 18.9 Å². The number of nitrogens with zero attached hydrogens (tertiary/aromatic N) is 1. The fourth-order valence-electron chi connectivity index (χ4n) is 8.26. The Kier molecular flexibility index (Phi) is 55.1. The SMILES string of the molecule is CC/C=C\C/C=C\C/C=C\C/C=C\C/C=C\C/C=C\CCCCCCCCCCCCC(=O)OC(COC(=O)CCCCCCCCCC/C=C\C/C=C\C/C=C\CCCCCCC)COC(OCC[N+](C)(C)C)C(=O)O. The molecule has 0 amide bonds. The van der Waals surface area contributed by atoms with Crippen LogP contribution < -0.4 is 0 Å². The fourth-order valence-corrected chi connectivity index (χ4v) is 8.26. The molecule has 440 valence electrons. The highest BCUT2D eigenvalue weighted by Gasteiger charge is 2.25. The first kappa shape index (κ1) is 73.0. The van der Waals surface area contributed by atoms with Crippen LogP contribution in [0.3, 0.4) is 0 Å². The summed E-state index contributed by atoms with van der Waals surface area (Å²) in [7, 11) is 5.96. The molecule has 0 aliphatic rings. The van der Waals surface area contributed by atoms with E-state index in [1.165, 1.54) is 103 Å². The van der Waals surface area contributed by atoms with Crippen LogP contribution in [0.25, 0.3) is 0 Å². The van der Waals surface area contributed by atoms with Gasteiger partial charge in [-0.2, -0.15) is 0 Å². The summed E-state index contributed by atoms with van der Waals surface area (Å²) in [5.74, 6) is -2.03. The lowest BCUT2D eigenvalue weighted by atomic mass is 10.0. The number of hydrogen-bond acceptors (Lipinski definition) is 7. The van der Waals surface area contributed by atoms with Gasteiger partial charge in [0.25, 0.3) is 6.29 Å². The number of quaternary nitrogens is 1.